The van der Waals surface area contributed by atoms with Gasteiger partial charge in [-0.2, -0.15) is 0 Å². The summed E-state index contributed by atoms with van der Waals surface area (Å²) in [6.07, 6.45) is 0. The van der Waals surface area contributed by atoms with E-state index < -0.39 is 0 Å². The van der Waals surface area contributed by atoms with Gasteiger partial charge in [0.05, 0.1) is 0 Å². The normalized spacial score (nSPS) is 10.5. The maximum Gasteiger partial charge on any atom is 0.0461 e. The van der Waals surface area contributed by atoms with Crippen molar-refractivity contribution < 1.29 is 0 Å². The Hall–Kier alpha value is -0.150. The van der Waals surface area contributed by atoms with Crippen molar-refractivity contribution in [1.29, 1.82) is 0 Å². The van der Waals surface area contributed by atoms with Crippen LogP contribution in [-0.2, 0) is 5.75 Å². The standard InChI is InChI=1S/C13H9BrCl2S/c14-10-2-5-12(6-3-10)17-8-9-1-4-11(15)7-13(9)16/h1-7H,8H2. The van der Waals surface area contributed by atoms with Gasteiger partial charge in [0.2, 0.25) is 0 Å². The Bertz CT molecular complexity index is 511. The van der Waals surface area contributed by atoms with Gasteiger partial charge < -0.3 is 0 Å². The first-order valence-electron chi connectivity index (χ1n) is 4.97. The Kier molecular flexibility index (Phi) is 4.80. The van der Waals surface area contributed by atoms with Crippen molar-refractivity contribution in [3.8, 4) is 0 Å². The zero-order chi connectivity index (χ0) is 12.3. The number of benzene rings is 2. The average molecular weight is 348 g/mol. The fraction of sp³-hybridized carbons (Fsp3) is 0.0769. The summed E-state index contributed by atoms with van der Waals surface area (Å²) in [7, 11) is 0. The second kappa shape index (κ2) is 6.14. The van der Waals surface area contributed by atoms with Crippen LogP contribution in [0.25, 0.3) is 0 Å². The van der Waals surface area contributed by atoms with Crippen molar-refractivity contribution in [2.75, 3.05) is 0 Å². The number of halogens is 3. The van der Waals surface area contributed by atoms with Crippen LogP contribution in [0.2, 0.25) is 10.0 Å². The largest absolute Gasteiger partial charge is 0.121 e. The van der Waals surface area contributed by atoms with Crippen LogP contribution in [0.5, 0.6) is 0 Å². The van der Waals surface area contributed by atoms with Crippen molar-refractivity contribution >= 4 is 50.9 Å². The molecule has 0 aliphatic heterocycles. The second-order valence-electron chi connectivity index (χ2n) is 3.48. The van der Waals surface area contributed by atoms with E-state index in [9.17, 15) is 0 Å². The van der Waals surface area contributed by atoms with Gasteiger partial charge in [0.1, 0.15) is 0 Å². The topological polar surface area (TPSA) is 0 Å². The van der Waals surface area contributed by atoms with Gasteiger partial charge in [-0.05, 0) is 42.0 Å². The van der Waals surface area contributed by atoms with Crippen molar-refractivity contribution in [3.63, 3.8) is 0 Å². The number of hydrogen-bond donors (Lipinski definition) is 0. The van der Waals surface area contributed by atoms with Gasteiger partial charge in [-0.25, -0.2) is 0 Å². The Morgan fingerprint density at radius 1 is 1.00 bits per heavy atom. The zero-order valence-electron chi connectivity index (χ0n) is 8.79. The summed E-state index contributed by atoms with van der Waals surface area (Å²) < 4.78 is 1.09. The molecule has 0 heterocycles. The van der Waals surface area contributed by atoms with Crippen LogP contribution in [0.1, 0.15) is 5.56 Å². The van der Waals surface area contributed by atoms with E-state index in [2.05, 4.69) is 28.1 Å². The van der Waals surface area contributed by atoms with Crippen LogP contribution >= 0.6 is 50.9 Å². The molecule has 2 aromatic rings. The van der Waals surface area contributed by atoms with Gasteiger partial charge in [0.25, 0.3) is 0 Å². The Balaban J connectivity index is 2.04. The van der Waals surface area contributed by atoms with E-state index in [1.165, 1.54) is 4.90 Å². The molecule has 0 amide bonds. The number of rotatable bonds is 3. The van der Waals surface area contributed by atoms with Crippen LogP contribution in [-0.4, -0.2) is 0 Å². The lowest BCUT2D eigenvalue weighted by Gasteiger charge is -2.05. The molecule has 0 aromatic heterocycles. The van der Waals surface area contributed by atoms with Crippen molar-refractivity contribution in [1.82, 2.24) is 0 Å². The molecule has 0 saturated heterocycles. The molecule has 17 heavy (non-hydrogen) atoms. The number of thioether (sulfide) groups is 1. The minimum Gasteiger partial charge on any atom is -0.121 e. The van der Waals surface area contributed by atoms with Gasteiger partial charge in [-0.15, -0.1) is 11.8 Å². The van der Waals surface area contributed by atoms with E-state index in [0.29, 0.717) is 5.02 Å². The third-order valence-corrected chi connectivity index (χ3v) is 4.40. The lowest BCUT2D eigenvalue weighted by molar-refractivity contribution is 1.38. The molecule has 4 heteroatoms. The highest BCUT2D eigenvalue weighted by Crippen LogP contribution is 2.29. The molecule has 88 valence electrons. The average Bonchev–Trinajstić information content (AvgIpc) is 2.30. The third kappa shape index (κ3) is 3.92. The summed E-state index contributed by atoms with van der Waals surface area (Å²) in [4.78, 5) is 1.22. The van der Waals surface area contributed by atoms with E-state index in [1.54, 1.807) is 17.8 Å². The first-order chi connectivity index (χ1) is 8.15. The molecule has 0 aliphatic carbocycles. The maximum absolute atomic E-state index is 6.12. The highest BCUT2D eigenvalue weighted by molar-refractivity contribution is 9.10. The molecule has 0 aliphatic rings. The van der Waals surface area contributed by atoms with E-state index in [1.807, 2.05) is 24.3 Å². The lowest BCUT2D eigenvalue weighted by atomic mass is 10.2. The number of hydrogen-bond acceptors (Lipinski definition) is 1. The van der Waals surface area contributed by atoms with E-state index in [0.717, 1.165) is 20.8 Å². The van der Waals surface area contributed by atoms with Crippen molar-refractivity contribution in [3.05, 3.63) is 62.5 Å². The quantitative estimate of drug-likeness (QED) is 0.609. The van der Waals surface area contributed by atoms with Crippen LogP contribution < -0.4 is 0 Å². The molecule has 0 atom stereocenters. The first-order valence-corrected chi connectivity index (χ1v) is 7.51. The molecular weight excluding hydrogens is 339 g/mol. The van der Waals surface area contributed by atoms with Gasteiger partial charge in [-0.3, -0.25) is 0 Å². The zero-order valence-corrected chi connectivity index (χ0v) is 12.7. The molecular formula is C13H9BrCl2S. The molecule has 0 spiro atoms. The van der Waals surface area contributed by atoms with E-state index >= 15 is 0 Å². The monoisotopic (exact) mass is 346 g/mol. The van der Waals surface area contributed by atoms with Crippen LogP contribution in [0.15, 0.2) is 51.8 Å². The summed E-state index contributed by atoms with van der Waals surface area (Å²) in [5, 5.41) is 1.40. The Morgan fingerprint density at radius 3 is 2.35 bits per heavy atom. The smallest absolute Gasteiger partial charge is 0.0461 e. The summed E-state index contributed by atoms with van der Waals surface area (Å²) in [5.74, 6) is 0.845. The fourth-order valence-corrected chi connectivity index (χ4v) is 3.05. The van der Waals surface area contributed by atoms with Crippen molar-refractivity contribution in [2.45, 2.75) is 10.6 Å². The molecule has 0 fully saturated rings. The molecule has 0 unspecified atom stereocenters. The predicted molar refractivity (Wildman–Crippen MR) is 80.2 cm³/mol. The molecule has 0 radical (unpaired) electrons. The SMILES string of the molecule is Clc1ccc(CSc2ccc(Br)cc2)c(Cl)c1. The minimum atomic E-state index is 0.674. The Labute approximate surface area is 123 Å². The summed E-state index contributed by atoms with van der Waals surface area (Å²) in [6.45, 7) is 0. The summed E-state index contributed by atoms with van der Waals surface area (Å²) >= 11 is 17.1. The minimum absolute atomic E-state index is 0.674. The maximum atomic E-state index is 6.12. The van der Waals surface area contributed by atoms with Gasteiger partial charge in [0.15, 0.2) is 0 Å². The van der Waals surface area contributed by atoms with Crippen molar-refractivity contribution in [2.24, 2.45) is 0 Å². The fourth-order valence-electron chi connectivity index (χ4n) is 1.33. The highest BCUT2D eigenvalue weighted by atomic mass is 79.9. The molecule has 0 nitrogen and oxygen atoms in total. The van der Waals surface area contributed by atoms with Crippen LogP contribution in [0, 0.1) is 0 Å². The second-order valence-corrected chi connectivity index (χ2v) is 6.29. The molecule has 0 N–H and O–H groups in total. The summed E-state index contributed by atoms with van der Waals surface area (Å²) in [6, 6.07) is 13.8. The highest BCUT2D eigenvalue weighted by Gasteiger charge is 2.02. The summed E-state index contributed by atoms with van der Waals surface area (Å²) in [5.41, 5.74) is 1.10. The van der Waals surface area contributed by atoms with Gasteiger partial charge in [-0.1, -0.05) is 45.2 Å². The predicted octanol–water partition coefficient (Wildman–Crippen LogP) is 6.05. The van der Waals surface area contributed by atoms with Crippen LogP contribution in [0.4, 0.5) is 0 Å². The first kappa shape index (κ1) is 13.3. The molecule has 2 rings (SSSR count). The molecule has 0 saturated carbocycles. The van der Waals surface area contributed by atoms with E-state index in [-0.39, 0.29) is 0 Å². The third-order valence-electron chi connectivity index (χ3n) is 2.22. The van der Waals surface area contributed by atoms with E-state index in [4.69, 9.17) is 23.2 Å². The molecule has 2 aromatic carbocycles. The lowest BCUT2D eigenvalue weighted by Crippen LogP contribution is -1.82. The van der Waals surface area contributed by atoms with Crippen LogP contribution in [0.3, 0.4) is 0 Å². The Morgan fingerprint density at radius 2 is 1.71 bits per heavy atom. The molecule has 0 bridgehead atoms. The van der Waals surface area contributed by atoms with Gasteiger partial charge >= 0.3 is 0 Å². The van der Waals surface area contributed by atoms with Gasteiger partial charge in [0, 0.05) is 25.2 Å².